The van der Waals surface area contributed by atoms with Crippen LogP contribution >= 0.6 is 0 Å². The van der Waals surface area contributed by atoms with Crippen molar-refractivity contribution < 1.29 is 19.9 Å². The van der Waals surface area contributed by atoms with Crippen LogP contribution in [0.1, 0.15) is 30.6 Å². The Morgan fingerprint density at radius 3 is 2.62 bits per heavy atom. The number of anilines is 1. The summed E-state index contributed by atoms with van der Waals surface area (Å²) >= 11 is 0. The third-order valence-corrected chi connectivity index (χ3v) is 3.10. The molecule has 5 N–H and O–H groups in total. The Kier molecular flexibility index (Phi) is 5.62. The number of benzene rings is 1. The zero-order chi connectivity index (χ0) is 16.2. The molecule has 1 aromatic rings. The van der Waals surface area contributed by atoms with E-state index in [0.717, 1.165) is 6.07 Å². The Bertz CT molecular complexity index is 547. The molecule has 0 bridgehead atoms. The molecule has 8 heteroatoms. The van der Waals surface area contributed by atoms with Crippen molar-refractivity contribution in [1.82, 2.24) is 5.32 Å². The van der Waals surface area contributed by atoms with Gasteiger partial charge in [0.1, 0.15) is 6.10 Å². The van der Waals surface area contributed by atoms with Gasteiger partial charge in [-0.05, 0) is 19.4 Å². The summed E-state index contributed by atoms with van der Waals surface area (Å²) in [5, 5.41) is 33.3. The summed E-state index contributed by atoms with van der Waals surface area (Å²) in [4.78, 5) is 21.0. The predicted molar refractivity (Wildman–Crippen MR) is 76.5 cm³/mol. The average molecular weight is 297 g/mol. The van der Waals surface area contributed by atoms with Crippen LogP contribution in [-0.2, 0) is 4.79 Å². The number of aryl methyl sites for hydroxylation is 1. The number of carbonyl (C=O) groups excluding carboxylic acids is 1. The Morgan fingerprint density at radius 2 is 2.10 bits per heavy atom. The van der Waals surface area contributed by atoms with Crippen molar-refractivity contribution in [1.29, 1.82) is 0 Å². The number of nitrogen functional groups attached to an aromatic ring is 1. The summed E-state index contributed by atoms with van der Waals surface area (Å²) < 4.78 is 0. The number of rotatable bonds is 6. The molecule has 2 atom stereocenters. The summed E-state index contributed by atoms with van der Waals surface area (Å²) in [5.74, 6) is -0.234. The van der Waals surface area contributed by atoms with Crippen molar-refractivity contribution in [2.24, 2.45) is 0 Å². The van der Waals surface area contributed by atoms with E-state index >= 15 is 0 Å². The lowest BCUT2D eigenvalue weighted by molar-refractivity contribution is -0.385. The molecule has 0 aliphatic carbocycles. The molecule has 0 spiro atoms. The second kappa shape index (κ2) is 7.00. The normalized spacial score (nSPS) is 13.5. The van der Waals surface area contributed by atoms with Gasteiger partial charge in [0.25, 0.3) is 5.69 Å². The van der Waals surface area contributed by atoms with Crippen LogP contribution in [0.2, 0.25) is 0 Å². The maximum atomic E-state index is 10.8. The van der Waals surface area contributed by atoms with Crippen molar-refractivity contribution >= 4 is 17.3 Å². The van der Waals surface area contributed by atoms with Gasteiger partial charge in [0.2, 0.25) is 5.91 Å². The molecule has 1 amide bonds. The zero-order valence-electron chi connectivity index (χ0n) is 11.9. The van der Waals surface area contributed by atoms with E-state index < -0.39 is 17.1 Å². The topological polar surface area (TPSA) is 139 Å². The van der Waals surface area contributed by atoms with Crippen LogP contribution in [0.25, 0.3) is 0 Å². The fourth-order valence-electron chi connectivity index (χ4n) is 1.95. The third-order valence-electron chi connectivity index (χ3n) is 3.10. The predicted octanol–water partition coefficient (Wildman–Crippen LogP) is 0.406. The van der Waals surface area contributed by atoms with Gasteiger partial charge in [-0.15, -0.1) is 0 Å². The number of nitrogens with zero attached hydrogens (tertiary/aromatic N) is 1. The van der Waals surface area contributed by atoms with Gasteiger partial charge in [0.05, 0.1) is 11.0 Å². The van der Waals surface area contributed by atoms with E-state index in [1.54, 1.807) is 0 Å². The highest BCUT2D eigenvalue weighted by Crippen LogP contribution is 2.30. The van der Waals surface area contributed by atoms with Gasteiger partial charge in [-0.2, -0.15) is 0 Å². The number of hydrogen-bond donors (Lipinski definition) is 4. The van der Waals surface area contributed by atoms with Gasteiger partial charge in [0.15, 0.2) is 0 Å². The summed E-state index contributed by atoms with van der Waals surface area (Å²) in [6, 6.07) is 2.55. The van der Waals surface area contributed by atoms with Gasteiger partial charge < -0.3 is 21.3 Å². The summed E-state index contributed by atoms with van der Waals surface area (Å²) in [7, 11) is 0. The fraction of sp³-hybridized carbons (Fsp3) is 0.462. The monoisotopic (exact) mass is 297 g/mol. The first-order chi connectivity index (χ1) is 9.73. The molecule has 0 aliphatic heterocycles. The molecular weight excluding hydrogens is 278 g/mol. The standard InChI is InChI=1S/C13H19N3O5/c1-7-5-9(10(14)6-11(7)16(20)21)13(19)12(18)3-4-15-8(2)17/h5-6,12-13,18-19H,3-4,14H2,1-2H3,(H,15,17). The summed E-state index contributed by atoms with van der Waals surface area (Å²) in [6.45, 7) is 3.08. The number of nitrogens with one attached hydrogen (secondary N) is 1. The highest BCUT2D eigenvalue weighted by Gasteiger charge is 2.23. The maximum Gasteiger partial charge on any atom is 0.274 e. The van der Waals surface area contributed by atoms with Gasteiger partial charge in [0, 0.05) is 36.3 Å². The van der Waals surface area contributed by atoms with E-state index in [2.05, 4.69) is 5.32 Å². The summed E-state index contributed by atoms with van der Waals surface area (Å²) in [6.07, 6.45) is -2.28. The second-order valence-electron chi connectivity index (χ2n) is 4.81. The van der Waals surface area contributed by atoms with E-state index in [1.165, 1.54) is 19.9 Å². The van der Waals surface area contributed by atoms with Gasteiger partial charge in [-0.25, -0.2) is 0 Å². The van der Waals surface area contributed by atoms with Crippen molar-refractivity contribution in [3.8, 4) is 0 Å². The Morgan fingerprint density at radius 1 is 1.48 bits per heavy atom. The third kappa shape index (κ3) is 4.40. The van der Waals surface area contributed by atoms with Crippen LogP contribution < -0.4 is 11.1 Å². The molecule has 0 saturated carbocycles. The number of nitro benzene ring substituents is 1. The minimum atomic E-state index is -1.28. The quantitative estimate of drug-likeness (QED) is 0.340. The van der Waals surface area contributed by atoms with Crippen LogP contribution in [0.5, 0.6) is 0 Å². The molecule has 8 nitrogen and oxygen atoms in total. The lowest BCUT2D eigenvalue weighted by Gasteiger charge is -2.20. The highest BCUT2D eigenvalue weighted by atomic mass is 16.6. The van der Waals surface area contributed by atoms with E-state index in [-0.39, 0.29) is 35.8 Å². The molecule has 0 fully saturated rings. The first kappa shape index (κ1) is 16.9. The second-order valence-corrected chi connectivity index (χ2v) is 4.81. The van der Waals surface area contributed by atoms with E-state index in [9.17, 15) is 25.1 Å². The molecule has 1 aromatic carbocycles. The zero-order valence-corrected chi connectivity index (χ0v) is 11.9. The molecule has 21 heavy (non-hydrogen) atoms. The van der Waals surface area contributed by atoms with Crippen molar-refractivity contribution in [2.45, 2.75) is 32.5 Å². The van der Waals surface area contributed by atoms with E-state index in [0.29, 0.717) is 5.56 Å². The van der Waals surface area contributed by atoms with Crippen molar-refractivity contribution in [2.75, 3.05) is 12.3 Å². The largest absolute Gasteiger partial charge is 0.398 e. The number of aliphatic hydroxyl groups excluding tert-OH is 2. The lowest BCUT2D eigenvalue weighted by atomic mass is 9.97. The minimum Gasteiger partial charge on any atom is -0.398 e. The molecule has 1 rings (SSSR count). The Labute approximate surface area is 121 Å². The number of amides is 1. The summed E-state index contributed by atoms with van der Waals surface area (Å²) in [5.41, 5.74) is 6.17. The number of hydrogen-bond acceptors (Lipinski definition) is 6. The molecular formula is C13H19N3O5. The van der Waals surface area contributed by atoms with Crippen LogP contribution in [0.15, 0.2) is 12.1 Å². The minimum absolute atomic E-state index is 0.0402. The maximum absolute atomic E-state index is 10.8. The van der Waals surface area contributed by atoms with Gasteiger partial charge >= 0.3 is 0 Å². The van der Waals surface area contributed by atoms with Crippen LogP contribution in [0, 0.1) is 17.0 Å². The first-order valence-electron chi connectivity index (χ1n) is 6.39. The molecule has 116 valence electrons. The molecule has 2 unspecified atom stereocenters. The number of nitrogens with two attached hydrogens (primary N) is 1. The number of carbonyl (C=O) groups is 1. The SMILES string of the molecule is CC(=O)NCCC(O)C(O)c1cc(C)c([N+](=O)[O-])cc1N. The number of aliphatic hydroxyl groups is 2. The van der Waals surface area contributed by atoms with Crippen LogP contribution in [-0.4, -0.2) is 33.7 Å². The molecule has 0 saturated heterocycles. The van der Waals surface area contributed by atoms with Crippen molar-refractivity contribution in [3.63, 3.8) is 0 Å². The molecule has 0 aromatic heterocycles. The fourth-order valence-corrected chi connectivity index (χ4v) is 1.95. The Hall–Kier alpha value is -2.19. The van der Waals surface area contributed by atoms with Crippen LogP contribution in [0.4, 0.5) is 11.4 Å². The van der Waals surface area contributed by atoms with Crippen molar-refractivity contribution in [3.05, 3.63) is 33.4 Å². The highest BCUT2D eigenvalue weighted by molar-refractivity contribution is 5.72. The van der Waals surface area contributed by atoms with Gasteiger partial charge in [-0.3, -0.25) is 14.9 Å². The number of nitro groups is 1. The van der Waals surface area contributed by atoms with E-state index in [4.69, 9.17) is 5.73 Å². The Balaban J connectivity index is 2.87. The molecule has 0 aliphatic rings. The lowest BCUT2D eigenvalue weighted by Crippen LogP contribution is -2.28. The first-order valence-corrected chi connectivity index (χ1v) is 6.39. The smallest absolute Gasteiger partial charge is 0.274 e. The van der Waals surface area contributed by atoms with Gasteiger partial charge in [-0.1, -0.05) is 0 Å². The van der Waals surface area contributed by atoms with E-state index in [1.807, 2.05) is 0 Å². The van der Waals surface area contributed by atoms with Crippen LogP contribution in [0.3, 0.4) is 0 Å². The molecule has 0 heterocycles. The molecule has 0 radical (unpaired) electrons. The average Bonchev–Trinajstić information content (AvgIpc) is 2.39.